The van der Waals surface area contributed by atoms with Gasteiger partial charge < -0.3 is 9.84 Å². The van der Waals surface area contributed by atoms with Crippen LogP contribution in [0.1, 0.15) is 31.4 Å². The van der Waals surface area contributed by atoms with Crippen LogP contribution in [0.2, 0.25) is 0 Å². The molecule has 0 bridgehead atoms. The summed E-state index contributed by atoms with van der Waals surface area (Å²) >= 11 is 5.35. The molecule has 1 aromatic rings. The summed E-state index contributed by atoms with van der Waals surface area (Å²) in [6.07, 6.45) is 1.78. The van der Waals surface area contributed by atoms with Crippen molar-refractivity contribution < 1.29 is 9.84 Å². The Morgan fingerprint density at radius 3 is 2.76 bits per heavy atom. The van der Waals surface area contributed by atoms with E-state index in [4.69, 9.17) is 4.74 Å². The summed E-state index contributed by atoms with van der Waals surface area (Å²) in [7, 11) is 0. The van der Waals surface area contributed by atoms with Gasteiger partial charge in [0.1, 0.15) is 0 Å². The second-order valence-corrected chi connectivity index (χ2v) is 6.55. The van der Waals surface area contributed by atoms with Crippen molar-refractivity contribution in [1.29, 1.82) is 0 Å². The van der Waals surface area contributed by atoms with Gasteiger partial charge in [-0.3, -0.25) is 0 Å². The lowest BCUT2D eigenvalue weighted by Crippen LogP contribution is -2.17. The predicted molar refractivity (Wildman–Crippen MR) is 74.5 cm³/mol. The zero-order chi connectivity index (χ0) is 12.3. The first-order chi connectivity index (χ1) is 8.16. The minimum atomic E-state index is -0.412. The molecule has 1 N–H and O–H groups in total. The molecule has 1 aliphatic heterocycles. The lowest BCUT2D eigenvalue weighted by atomic mass is 10.1. The van der Waals surface area contributed by atoms with Gasteiger partial charge in [0.05, 0.1) is 6.10 Å². The van der Waals surface area contributed by atoms with E-state index in [-0.39, 0.29) is 0 Å². The fourth-order valence-corrected chi connectivity index (χ4v) is 3.80. The van der Waals surface area contributed by atoms with Gasteiger partial charge in [-0.15, -0.1) is 11.8 Å². The lowest BCUT2D eigenvalue weighted by molar-refractivity contribution is 0.1000. The van der Waals surface area contributed by atoms with Crippen molar-refractivity contribution in [2.45, 2.75) is 36.0 Å². The minimum absolute atomic E-state index is 0.412. The number of aliphatic hydroxyl groups is 1. The standard InChI is InChI=1S/C13H17BrO2S/c1-9(15)12-3-2-10(14)8-13(12)17-11-4-6-16-7-5-11/h2-3,8-9,11,15H,4-7H2,1H3. The number of hydrogen-bond acceptors (Lipinski definition) is 3. The highest BCUT2D eigenvalue weighted by molar-refractivity contribution is 9.10. The van der Waals surface area contributed by atoms with Crippen LogP contribution in [-0.2, 0) is 4.74 Å². The Balaban J connectivity index is 2.14. The molecule has 1 fully saturated rings. The molecule has 0 saturated carbocycles. The van der Waals surface area contributed by atoms with Crippen LogP contribution in [0.5, 0.6) is 0 Å². The second kappa shape index (κ2) is 6.23. The van der Waals surface area contributed by atoms with E-state index in [0.717, 1.165) is 36.1 Å². The van der Waals surface area contributed by atoms with Gasteiger partial charge in [0, 0.05) is 27.8 Å². The number of hydrogen-bond donors (Lipinski definition) is 1. The molecule has 0 aromatic heterocycles. The third-order valence-electron chi connectivity index (χ3n) is 2.89. The minimum Gasteiger partial charge on any atom is -0.389 e. The van der Waals surface area contributed by atoms with Crippen molar-refractivity contribution in [3.8, 4) is 0 Å². The molecule has 1 heterocycles. The smallest absolute Gasteiger partial charge is 0.0772 e. The van der Waals surface area contributed by atoms with Crippen molar-refractivity contribution in [2.24, 2.45) is 0 Å². The van der Waals surface area contributed by atoms with Gasteiger partial charge in [0.15, 0.2) is 0 Å². The van der Waals surface area contributed by atoms with Gasteiger partial charge in [-0.1, -0.05) is 22.0 Å². The van der Waals surface area contributed by atoms with E-state index in [9.17, 15) is 5.11 Å². The average molecular weight is 317 g/mol. The van der Waals surface area contributed by atoms with Crippen molar-refractivity contribution >= 4 is 27.7 Å². The van der Waals surface area contributed by atoms with E-state index in [0.29, 0.717) is 5.25 Å². The van der Waals surface area contributed by atoms with E-state index in [2.05, 4.69) is 22.0 Å². The molecular formula is C13H17BrO2S. The maximum Gasteiger partial charge on any atom is 0.0772 e. The number of thioether (sulfide) groups is 1. The summed E-state index contributed by atoms with van der Waals surface area (Å²) in [6.45, 7) is 3.53. The molecule has 2 rings (SSSR count). The van der Waals surface area contributed by atoms with Gasteiger partial charge in [0.25, 0.3) is 0 Å². The highest BCUT2D eigenvalue weighted by Gasteiger charge is 2.18. The Morgan fingerprint density at radius 2 is 2.12 bits per heavy atom. The number of ether oxygens (including phenoxy) is 1. The van der Waals surface area contributed by atoms with Gasteiger partial charge >= 0.3 is 0 Å². The number of halogens is 1. The zero-order valence-electron chi connectivity index (χ0n) is 9.86. The van der Waals surface area contributed by atoms with Crippen LogP contribution in [0.15, 0.2) is 27.6 Å². The molecule has 1 saturated heterocycles. The third kappa shape index (κ3) is 3.71. The molecule has 94 valence electrons. The van der Waals surface area contributed by atoms with E-state index in [1.165, 1.54) is 4.90 Å². The Hall–Kier alpha value is -0.0300. The molecule has 0 spiro atoms. The van der Waals surface area contributed by atoms with Crippen LogP contribution in [-0.4, -0.2) is 23.6 Å². The topological polar surface area (TPSA) is 29.5 Å². The molecule has 0 aliphatic carbocycles. The Morgan fingerprint density at radius 1 is 1.41 bits per heavy atom. The lowest BCUT2D eigenvalue weighted by Gasteiger charge is -2.23. The van der Waals surface area contributed by atoms with Gasteiger partial charge in [-0.05, 0) is 37.5 Å². The summed E-state index contributed by atoms with van der Waals surface area (Å²) in [5, 5.41) is 10.4. The average Bonchev–Trinajstić information content (AvgIpc) is 2.30. The quantitative estimate of drug-likeness (QED) is 0.920. The van der Waals surface area contributed by atoms with Crippen molar-refractivity contribution in [2.75, 3.05) is 13.2 Å². The van der Waals surface area contributed by atoms with E-state index in [1.54, 1.807) is 0 Å². The predicted octanol–water partition coefficient (Wildman–Crippen LogP) is 3.77. The summed E-state index contributed by atoms with van der Waals surface area (Å²) in [6, 6.07) is 6.08. The first kappa shape index (κ1) is 13.4. The summed E-state index contributed by atoms with van der Waals surface area (Å²) in [4.78, 5) is 1.18. The maximum atomic E-state index is 9.77. The van der Waals surface area contributed by atoms with E-state index < -0.39 is 6.10 Å². The largest absolute Gasteiger partial charge is 0.389 e. The van der Waals surface area contributed by atoms with Crippen LogP contribution < -0.4 is 0 Å². The molecule has 17 heavy (non-hydrogen) atoms. The number of rotatable bonds is 3. The number of benzene rings is 1. The fraction of sp³-hybridized carbons (Fsp3) is 0.538. The molecular weight excluding hydrogens is 300 g/mol. The van der Waals surface area contributed by atoms with Gasteiger partial charge in [-0.2, -0.15) is 0 Å². The first-order valence-electron chi connectivity index (χ1n) is 5.88. The van der Waals surface area contributed by atoms with E-state index in [1.807, 2.05) is 30.8 Å². The highest BCUT2D eigenvalue weighted by atomic mass is 79.9. The third-order valence-corrected chi connectivity index (χ3v) is 4.79. The van der Waals surface area contributed by atoms with Crippen LogP contribution in [0.25, 0.3) is 0 Å². The van der Waals surface area contributed by atoms with Crippen LogP contribution in [0, 0.1) is 0 Å². The molecule has 1 aliphatic rings. The molecule has 0 radical (unpaired) electrons. The molecule has 2 nitrogen and oxygen atoms in total. The molecule has 1 unspecified atom stereocenters. The Bertz CT molecular complexity index is 376. The van der Waals surface area contributed by atoms with Crippen molar-refractivity contribution in [3.63, 3.8) is 0 Å². The monoisotopic (exact) mass is 316 g/mol. The zero-order valence-corrected chi connectivity index (χ0v) is 12.3. The molecule has 0 amide bonds. The van der Waals surface area contributed by atoms with Crippen LogP contribution >= 0.6 is 27.7 Å². The molecule has 1 aromatic carbocycles. The van der Waals surface area contributed by atoms with Crippen LogP contribution in [0.3, 0.4) is 0 Å². The molecule has 4 heteroatoms. The second-order valence-electron chi connectivity index (χ2n) is 4.29. The summed E-state index contributed by atoms with van der Waals surface area (Å²) in [5.41, 5.74) is 1.02. The van der Waals surface area contributed by atoms with Gasteiger partial charge in [0.2, 0.25) is 0 Å². The number of aliphatic hydroxyl groups excluding tert-OH is 1. The fourth-order valence-electron chi connectivity index (χ4n) is 1.93. The maximum absolute atomic E-state index is 9.77. The van der Waals surface area contributed by atoms with Crippen LogP contribution in [0.4, 0.5) is 0 Å². The van der Waals surface area contributed by atoms with Crippen molar-refractivity contribution in [3.05, 3.63) is 28.2 Å². The Labute approximate surface area is 115 Å². The van der Waals surface area contributed by atoms with Gasteiger partial charge in [-0.25, -0.2) is 0 Å². The van der Waals surface area contributed by atoms with E-state index >= 15 is 0 Å². The molecule has 1 atom stereocenters. The highest BCUT2D eigenvalue weighted by Crippen LogP contribution is 2.36. The first-order valence-corrected chi connectivity index (χ1v) is 7.56. The Kier molecular flexibility index (Phi) is 4.91. The SMILES string of the molecule is CC(O)c1ccc(Br)cc1SC1CCOCC1. The normalized spacial score (nSPS) is 19.2. The van der Waals surface area contributed by atoms with Crippen molar-refractivity contribution in [1.82, 2.24) is 0 Å². The summed E-state index contributed by atoms with van der Waals surface area (Å²) < 4.78 is 6.43. The summed E-state index contributed by atoms with van der Waals surface area (Å²) in [5.74, 6) is 0.